The van der Waals surface area contributed by atoms with Gasteiger partial charge in [-0.2, -0.15) is 0 Å². The third kappa shape index (κ3) is 7.08. The number of nitrogens with one attached hydrogen (secondary N) is 2. The van der Waals surface area contributed by atoms with Crippen molar-refractivity contribution in [2.24, 2.45) is 0 Å². The van der Waals surface area contributed by atoms with Gasteiger partial charge in [0.1, 0.15) is 0 Å². The lowest BCUT2D eigenvalue weighted by molar-refractivity contribution is 0.106. The summed E-state index contributed by atoms with van der Waals surface area (Å²) in [4.78, 5) is 14.9. The van der Waals surface area contributed by atoms with E-state index in [2.05, 4.69) is 15.6 Å². The van der Waals surface area contributed by atoms with Gasteiger partial charge in [-0.15, -0.1) is 0 Å². The number of aliphatic hydroxyl groups is 1. The number of urea groups is 1. The topological polar surface area (TPSA) is 70.6 Å². The number of carbonyl (C=O) groups is 1. The molecule has 0 unspecified atom stereocenters. The molecule has 0 radical (unpaired) electrons. The Kier molecular flexibility index (Phi) is 5.50. The molecule has 11 heavy (non-hydrogen) atoms. The van der Waals surface area contributed by atoms with E-state index in [4.69, 9.17) is 5.11 Å². The maximum Gasteiger partial charge on any atom is 0.338 e. The zero-order chi connectivity index (χ0) is 8.69. The van der Waals surface area contributed by atoms with Crippen LogP contribution in [0.1, 0.15) is 13.3 Å². The van der Waals surface area contributed by atoms with Crippen molar-refractivity contribution in [2.75, 3.05) is 13.7 Å². The Hall–Kier alpha value is -0.810. The summed E-state index contributed by atoms with van der Waals surface area (Å²) in [5.74, 6) is 0. The van der Waals surface area contributed by atoms with E-state index in [1.807, 2.05) is 0 Å². The summed E-state index contributed by atoms with van der Waals surface area (Å²) in [5.41, 5.74) is 2.09. The Balaban J connectivity index is 3.17. The van der Waals surface area contributed by atoms with Gasteiger partial charge in [0.05, 0.1) is 13.2 Å². The van der Waals surface area contributed by atoms with Crippen molar-refractivity contribution in [3.8, 4) is 0 Å². The molecule has 0 spiro atoms. The molecule has 66 valence electrons. The van der Waals surface area contributed by atoms with Crippen molar-refractivity contribution >= 4 is 6.03 Å². The predicted molar refractivity (Wildman–Crippen MR) is 39.8 cm³/mol. The van der Waals surface area contributed by atoms with Crippen LogP contribution in [0.15, 0.2) is 0 Å². The fourth-order valence-electron chi connectivity index (χ4n) is 0.523. The van der Waals surface area contributed by atoms with Gasteiger partial charge in [-0.25, -0.2) is 10.3 Å². The van der Waals surface area contributed by atoms with Gasteiger partial charge in [0.15, 0.2) is 0 Å². The molecule has 0 aliphatic heterocycles. The second-order valence-corrected chi connectivity index (χ2v) is 2.20. The molecule has 5 heteroatoms. The maximum absolute atomic E-state index is 10.6. The maximum atomic E-state index is 10.6. The van der Waals surface area contributed by atoms with E-state index in [1.54, 1.807) is 6.92 Å². The van der Waals surface area contributed by atoms with Gasteiger partial charge in [-0.05, 0) is 13.3 Å². The molecule has 0 fully saturated rings. The molecule has 0 saturated carbocycles. The molecule has 0 bridgehead atoms. The number of rotatable bonds is 4. The Morgan fingerprint density at radius 2 is 2.36 bits per heavy atom. The molecule has 0 aliphatic rings. The number of hydrogen-bond donors (Lipinski definition) is 3. The zero-order valence-corrected chi connectivity index (χ0v) is 6.76. The molecule has 0 aromatic rings. The van der Waals surface area contributed by atoms with Gasteiger partial charge >= 0.3 is 6.03 Å². The lowest BCUT2D eigenvalue weighted by Crippen LogP contribution is -2.36. The first-order valence-electron chi connectivity index (χ1n) is 3.41. The van der Waals surface area contributed by atoms with Gasteiger partial charge in [-0.3, -0.25) is 4.84 Å². The lowest BCUT2D eigenvalue weighted by Gasteiger charge is -2.06. The summed E-state index contributed by atoms with van der Waals surface area (Å²) in [5, 5.41) is 11.3. The van der Waals surface area contributed by atoms with Crippen LogP contribution in [0.3, 0.4) is 0 Å². The van der Waals surface area contributed by atoms with Crippen LogP contribution >= 0.6 is 0 Å². The highest BCUT2D eigenvalue weighted by molar-refractivity contribution is 5.72. The van der Waals surface area contributed by atoms with Crippen molar-refractivity contribution in [1.29, 1.82) is 0 Å². The van der Waals surface area contributed by atoms with Crippen molar-refractivity contribution in [3.05, 3.63) is 0 Å². The Morgan fingerprint density at radius 1 is 1.73 bits per heavy atom. The summed E-state index contributed by atoms with van der Waals surface area (Å²) in [6.07, 6.45) is 0.148. The van der Waals surface area contributed by atoms with E-state index in [0.717, 1.165) is 0 Å². The molecule has 2 amide bonds. The van der Waals surface area contributed by atoms with E-state index in [1.165, 1.54) is 7.11 Å². The smallest absolute Gasteiger partial charge is 0.338 e. The molecule has 3 N–H and O–H groups in total. The fraction of sp³-hybridized carbons (Fsp3) is 0.833. The summed E-state index contributed by atoms with van der Waals surface area (Å²) in [7, 11) is 1.36. The zero-order valence-electron chi connectivity index (χ0n) is 6.76. The van der Waals surface area contributed by atoms with Crippen molar-refractivity contribution < 1.29 is 14.7 Å². The molecule has 0 rings (SSSR count). The molecule has 0 heterocycles. The average Bonchev–Trinajstić information content (AvgIpc) is 1.87. The number of aliphatic hydroxyl groups excluding tert-OH is 1. The highest BCUT2D eigenvalue weighted by Gasteiger charge is 1.98. The van der Waals surface area contributed by atoms with Crippen molar-refractivity contribution in [2.45, 2.75) is 19.4 Å². The minimum absolute atomic E-state index is 0.391. The Morgan fingerprint density at radius 3 is 2.82 bits per heavy atom. The van der Waals surface area contributed by atoms with Crippen LogP contribution in [-0.2, 0) is 4.84 Å². The number of carbonyl (C=O) groups excluding carboxylic acids is 1. The normalized spacial score (nSPS) is 12.3. The van der Waals surface area contributed by atoms with Gasteiger partial charge in [0, 0.05) is 6.54 Å². The standard InChI is InChI=1S/C6H14N2O3/c1-5(9)3-4-7-6(10)8-11-2/h5,9H,3-4H2,1-2H3,(H2,7,8,10)/t5-/m0/s1. The first-order chi connectivity index (χ1) is 5.16. The van der Waals surface area contributed by atoms with Crippen LogP contribution < -0.4 is 10.8 Å². The minimum Gasteiger partial charge on any atom is -0.393 e. The number of amides is 2. The first-order valence-corrected chi connectivity index (χ1v) is 3.41. The van der Waals surface area contributed by atoms with Crippen LogP contribution in [0.5, 0.6) is 0 Å². The molecule has 0 saturated heterocycles. The van der Waals surface area contributed by atoms with E-state index < -0.39 is 12.1 Å². The number of hydroxylamine groups is 1. The van der Waals surface area contributed by atoms with Crippen LogP contribution in [0.4, 0.5) is 4.79 Å². The van der Waals surface area contributed by atoms with E-state index in [0.29, 0.717) is 13.0 Å². The van der Waals surface area contributed by atoms with Crippen LogP contribution in [0, 0.1) is 0 Å². The van der Waals surface area contributed by atoms with Crippen LogP contribution in [-0.4, -0.2) is 30.9 Å². The fourth-order valence-corrected chi connectivity index (χ4v) is 0.523. The summed E-state index contributed by atoms with van der Waals surface area (Å²) < 4.78 is 0. The first kappa shape index (κ1) is 10.2. The predicted octanol–water partition coefficient (Wildman–Crippen LogP) is -0.382. The minimum atomic E-state index is -0.395. The van der Waals surface area contributed by atoms with Crippen molar-refractivity contribution in [1.82, 2.24) is 10.8 Å². The quantitative estimate of drug-likeness (QED) is 0.493. The molecule has 5 nitrogen and oxygen atoms in total. The Bertz CT molecular complexity index is 116. The monoisotopic (exact) mass is 162 g/mol. The lowest BCUT2D eigenvalue weighted by atomic mass is 10.3. The second kappa shape index (κ2) is 5.94. The van der Waals surface area contributed by atoms with Gasteiger partial charge in [0.2, 0.25) is 0 Å². The van der Waals surface area contributed by atoms with Gasteiger partial charge in [-0.1, -0.05) is 0 Å². The SMILES string of the molecule is CONC(=O)NCC[C@H](C)O. The summed E-state index contributed by atoms with van der Waals surface area (Å²) >= 11 is 0. The van der Waals surface area contributed by atoms with Crippen LogP contribution in [0.2, 0.25) is 0 Å². The summed E-state index contributed by atoms with van der Waals surface area (Å²) in [6.45, 7) is 2.10. The molecule has 0 aliphatic carbocycles. The molecule has 1 atom stereocenters. The number of hydrogen-bond acceptors (Lipinski definition) is 3. The van der Waals surface area contributed by atoms with Gasteiger partial charge < -0.3 is 10.4 Å². The third-order valence-corrected chi connectivity index (χ3v) is 1.04. The highest BCUT2D eigenvalue weighted by atomic mass is 16.6. The molecular formula is C6H14N2O3. The van der Waals surface area contributed by atoms with Crippen LogP contribution in [0.25, 0.3) is 0 Å². The summed E-state index contributed by atoms with van der Waals surface area (Å²) in [6, 6.07) is -0.395. The molecule has 0 aromatic heterocycles. The van der Waals surface area contributed by atoms with Gasteiger partial charge in [0.25, 0.3) is 0 Å². The molecular weight excluding hydrogens is 148 g/mol. The highest BCUT2D eigenvalue weighted by Crippen LogP contribution is 1.85. The third-order valence-electron chi connectivity index (χ3n) is 1.04. The van der Waals surface area contributed by atoms with E-state index >= 15 is 0 Å². The van der Waals surface area contributed by atoms with E-state index in [9.17, 15) is 4.79 Å². The van der Waals surface area contributed by atoms with Crippen molar-refractivity contribution in [3.63, 3.8) is 0 Å². The largest absolute Gasteiger partial charge is 0.393 e. The van der Waals surface area contributed by atoms with E-state index in [-0.39, 0.29) is 0 Å². The second-order valence-electron chi connectivity index (χ2n) is 2.20. The Labute approximate surface area is 65.7 Å². The average molecular weight is 162 g/mol. The molecule has 0 aromatic carbocycles.